The predicted octanol–water partition coefficient (Wildman–Crippen LogP) is 16.7. The van der Waals surface area contributed by atoms with E-state index in [4.69, 9.17) is 0 Å². The summed E-state index contributed by atoms with van der Waals surface area (Å²) in [6.07, 6.45) is 10.1. The molecule has 11 aromatic rings. The number of rotatable bonds is 9. The van der Waals surface area contributed by atoms with Crippen molar-refractivity contribution in [3.63, 3.8) is 0 Å². The summed E-state index contributed by atoms with van der Waals surface area (Å²) >= 11 is 1.85. The number of aromatic nitrogens is 1. The second-order valence-electron chi connectivity index (χ2n) is 16.4. The van der Waals surface area contributed by atoms with Crippen LogP contribution in [0.4, 0.5) is 34.1 Å². The van der Waals surface area contributed by atoms with Crippen LogP contribution in [0.2, 0.25) is 0 Å². The van der Waals surface area contributed by atoms with Gasteiger partial charge in [-0.1, -0.05) is 121 Å². The molecule has 1 aliphatic heterocycles. The Balaban J connectivity index is 0.953. The quantitative estimate of drug-likeness (QED) is 0.147. The van der Waals surface area contributed by atoms with Gasteiger partial charge in [0.05, 0.1) is 11.7 Å². The summed E-state index contributed by atoms with van der Waals surface area (Å²) in [6, 6.07) is 77.3. The Morgan fingerprint density at radius 2 is 1.02 bits per heavy atom. The molecule has 2 aromatic heterocycles. The first kappa shape index (κ1) is 38.4. The fourth-order valence-electron chi connectivity index (χ4n) is 9.38. The van der Waals surface area contributed by atoms with Crippen molar-refractivity contribution in [2.24, 2.45) is 0 Å². The number of dihydropyridines is 1. The molecule has 65 heavy (non-hydrogen) atoms. The summed E-state index contributed by atoms with van der Waals surface area (Å²) in [5, 5.41) is 10.9. The first-order chi connectivity index (χ1) is 32.2. The van der Waals surface area contributed by atoms with E-state index >= 15 is 0 Å². The van der Waals surface area contributed by atoms with Crippen LogP contribution >= 0.6 is 11.3 Å². The Morgan fingerprint density at radius 1 is 0.415 bits per heavy atom. The molecule has 0 bridgehead atoms. The van der Waals surface area contributed by atoms with Crippen molar-refractivity contribution in [1.82, 2.24) is 10.3 Å². The molecular formula is C60H42N4S. The fourth-order valence-corrected chi connectivity index (χ4v) is 10.5. The summed E-state index contributed by atoms with van der Waals surface area (Å²) in [7, 11) is 0. The zero-order valence-corrected chi connectivity index (χ0v) is 36.2. The van der Waals surface area contributed by atoms with Crippen molar-refractivity contribution in [3.05, 3.63) is 249 Å². The number of thiophene rings is 1. The number of nitrogens with one attached hydrogen (secondary N) is 1. The second-order valence-corrected chi connectivity index (χ2v) is 17.5. The normalized spacial score (nSPS) is 13.4. The molecule has 0 amide bonds. The van der Waals surface area contributed by atoms with Gasteiger partial charge in [0.2, 0.25) is 0 Å². The molecule has 3 heterocycles. The first-order valence-electron chi connectivity index (χ1n) is 22.1. The lowest BCUT2D eigenvalue weighted by Crippen LogP contribution is -2.15. The van der Waals surface area contributed by atoms with Crippen LogP contribution in [0.1, 0.15) is 11.6 Å². The summed E-state index contributed by atoms with van der Waals surface area (Å²) in [5.74, 6) is 0. The van der Waals surface area contributed by atoms with E-state index in [-0.39, 0.29) is 6.04 Å². The predicted molar refractivity (Wildman–Crippen MR) is 277 cm³/mol. The third kappa shape index (κ3) is 7.18. The number of allylic oxidation sites excluding steroid dienone is 2. The van der Waals surface area contributed by atoms with Gasteiger partial charge in [0, 0.05) is 66.1 Å². The zero-order chi connectivity index (χ0) is 43.1. The van der Waals surface area contributed by atoms with Crippen molar-refractivity contribution in [1.29, 1.82) is 0 Å². The lowest BCUT2D eigenvalue weighted by atomic mass is 9.92. The van der Waals surface area contributed by atoms with E-state index in [2.05, 4.69) is 232 Å². The minimum atomic E-state index is 0.144. The maximum absolute atomic E-state index is 4.60. The standard InChI is InChI=1S/C60H42N4S/c1-2-13-45(14-3-1)64(50-33-35-60-56(40-50)53-16-6-7-19-59(53)65-60)49-32-34-52-54(38-44-12-4-5-15-51(44)55(52)39-49)41-20-26-46(27-21-41)63(47-28-22-42(23-29-47)57-17-8-10-36-61-57)48-30-24-43(25-31-48)58-18-9-11-37-62-58/h1-40,57,61H. The number of nitrogens with zero attached hydrogens (tertiary/aromatic N) is 3. The van der Waals surface area contributed by atoms with Crippen molar-refractivity contribution < 1.29 is 0 Å². The largest absolute Gasteiger partial charge is 0.381 e. The Labute approximate surface area is 382 Å². The number of benzene rings is 9. The molecule has 1 N–H and O–H groups in total. The molecule has 308 valence electrons. The number of hydrogen-bond donors (Lipinski definition) is 1. The van der Waals surface area contributed by atoms with Gasteiger partial charge in [0.15, 0.2) is 0 Å². The van der Waals surface area contributed by atoms with Crippen LogP contribution in [-0.2, 0) is 0 Å². The third-order valence-corrected chi connectivity index (χ3v) is 13.7. The molecule has 5 heteroatoms. The Bertz CT molecular complexity index is 3560. The van der Waals surface area contributed by atoms with Crippen LogP contribution in [0.3, 0.4) is 0 Å². The molecule has 4 nitrogen and oxygen atoms in total. The van der Waals surface area contributed by atoms with Crippen molar-refractivity contribution in [2.75, 3.05) is 9.80 Å². The molecule has 0 saturated carbocycles. The lowest BCUT2D eigenvalue weighted by molar-refractivity contribution is 0.746. The van der Waals surface area contributed by atoms with E-state index < -0.39 is 0 Å². The fraction of sp³-hybridized carbons (Fsp3) is 0.0167. The van der Waals surface area contributed by atoms with Crippen LogP contribution in [-0.4, -0.2) is 4.98 Å². The van der Waals surface area contributed by atoms with Gasteiger partial charge in [-0.05, 0) is 154 Å². The Hall–Kier alpha value is -8.25. The highest BCUT2D eigenvalue weighted by molar-refractivity contribution is 7.25. The number of hydrogen-bond acceptors (Lipinski definition) is 5. The molecule has 12 rings (SSSR count). The monoisotopic (exact) mass is 850 g/mol. The summed E-state index contributed by atoms with van der Waals surface area (Å²) in [5.41, 5.74) is 12.2. The van der Waals surface area contributed by atoms with Crippen LogP contribution in [0.15, 0.2) is 243 Å². The van der Waals surface area contributed by atoms with E-state index in [9.17, 15) is 0 Å². The highest BCUT2D eigenvalue weighted by Gasteiger charge is 2.19. The van der Waals surface area contributed by atoms with Gasteiger partial charge in [0.1, 0.15) is 0 Å². The topological polar surface area (TPSA) is 31.4 Å². The molecule has 0 aliphatic carbocycles. The van der Waals surface area contributed by atoms with Gasteiger partial charge in [0.25, 0.3) is 0 Å². The highest BCUT2D eigenvalue weighted by Crippen LogP contribution is 2.44. The van der Waals surface area contributed by atoms with Crippen molar-refractivity contribution in [2.45, 2.75) is 6.04 Å². The highest BCUT2D eigenvalue weighted by atomic mass is 32.1. The summed E-state index contributed by atoms with van der Waals surface area (Å²) in [6.45, 7) is 0. The van der Waals surface area contributed by atoms with E-state index in [1.807, 2.05) is 41.9 Å². The minimum absolute atomic E-state index is 0.144. The van der Waals surface area contributed by atoms with Crippen molar-refractivity contribution in [3.8, 4) is 22.4 Å². The number of pyridine rings is 1. The molecule has 1 aliphatic rings. The Morgan fingerprint density at radius 3 is 1.75 bits per heavy atom. The average Bonchev–Trinajstić information content (AvgIpc) is 3.76. The van der Waals surface area contributed by atoms with E-state index in [0.717, 1.165) is 50.9 Å². The number of anilines is 6. The molecule has 0 spiro atoms. The van der Waals surface area contributed by atoms with Gasteiger partial charge in [-0.25, -0.2) is 0 Å². The zero-order valence-electron chi connectivity index (χ0n) is 35.4. The maximum Gasteiger partial charge on any atom is 0.0701 e. The van der Waals surface area contributed by atoms with E-state index in [0.29, 0.717) is 0 Å². The van der Waals surface area contributed by atoms with Crippen molar-refractivity contribution >= 4 is 87.2 Å². The Kier molecular flexibility index (Phi) is 9.73. The molecule has 0 radical (unpaired) electrons. The van der Waals surface area contributed by atoms with Gasteiger partial charge in [-0.3, -0.25) is 4.98 Å². The molecule has 0 saturated heterocycles. The SMILES string of the molecule is C1=CNC(c2ccc(N(c3ccc(-c4ccccn4)cc3)c3ccc(-c4cc5ccccc5c5cc(N(c6ccccc6)c6ccc7sc8ccccc8c7c6)ccc45)cc3)cc2)C=C1. The minimum Gasteiger partial charge on any atom is -0.381 e. The third-order valence-electron chi connectivity index (χ3n) is 12.6. The van der Waals surface area contributed by atoms with Gasteiger partial charge < -0.3 is 15.1 Å². The van der Waals surface area contributed by atoms with Gasteiger partial charge in [-0.15, -0.1) is 11.3 Å². The van der Waals surface area contributed by atoms with E-state index in [1.165, 1.54) is 52.8 Å². The molecule has 1 atom stereocenters. The summed E-state index contributed by atoms with van der Waals surface area (Å²) in [4.78, 5) is 9.33. The molecule has 9 aromatic carbocycles. The van der Waals surface area contributed by atoms with Crippen LogP contribution < -0.4 is 15.1 Å². The molecule has 1 unspecified atom stereocenters. The number of para-hydroxylation sites is 1. The lowest BCUT2D eigenvalue weighted by Gasteiger charge is -2.27. The summed E-state index contributed by atoms with van der Waals surface area (Å²) < 4.78 is 2.61. The molecule has 0 fully saturated rings. The molecular weight excluding hydrogens is 809 g/mol. The van der Waals surface area contributed by atoms with Crippen LogP contribution in [0.5, 0.6) is 0 Å². The first-order valence-corrected chi connectivity index (χ1v) is 22.9. The second kappa shape index (κ2) is 16.5. The van der Waals surface area contributed by atoms with Crippen LogP contribution in [0.25, 0.3) is 64.1 Å². The van der Waals surface area contributed by atoms with Gasteiger partial charge >= 0.3 is 0 Å². The number of fused-ring (bicyclic) bond motifs is 6. The van der Waals surface area contributed by atoms with Gasteiger partial charge in [-0.2, -0.15) is 0 Å². The van der Waals surface area contributed by atoms with Crippen LogP contribution in [0, 0.1) is 0 Å². The van der Waals surface area contributed by atoms with E-state index in [1.54, 1.807) is 0 Å². The maximum atomic E-state index is 4.60. The smallest absolute Gasteiger partial charge is 0.0701 e. The average molecular weight is 851 g/mol.